The molecule has 0 heterocycles. The highest BCUT2D eigenvalue weighted by atomic mass is 16.6. The third kappa shape index (κ3) is 2.97. The van der Waals surface area contributed by atoms with E-state index in [1.54, 1.807) is 0 Å². The van der Waals surface area contributed by atoms with Crippen molar-refractivity contribution >= 4 is 11.9 Å². The number of hydrogen-bond acceptors (Lipinski definition) is 5. The number of hydrogen-bond donors (Lipinski definition) is 1. The van der Waals surface area contributed by atoms with Crippen molar-refractivity contribution in [2.45, 2.75) is 70.5 Å². The van der Waals surface area contributed by atoms with Gasteiger partial charge in [-0.1, -0.05) is 18.9 Å². The molecule has 2 saturated carbocycles. The number of ether oxygens (including phenoxy) is 2. The molecule has 6 unspecified atom stereocenters. The molecule has 0 aromatic heterocycles. The van der Waals surface area contributed by atoms with Gasteiger partial charge in [0, 0.05) is 25.2 Å². The molecule has 5 nitrogen and oxygen atoms in total. The monoisotopic (exact) mass is 396 g/mol. The van der Waals surface area contributed by atoms with Crippen LogP contribution in [0.1, 0.15) is 63.5 Å². The summed E-state index contributed by atoms with van der Waals surface area (Å²) in [5.41, 5.74) is 0.879. The van der Waals surface area contributed by atoms with Crippen molar-refractivity contribution in [2.75, 3.05) is 0 Å². The van der Waals surface area contributed by atoms with Gasteiger partial charge in [0.05, 0.1) is 6.10 Å². The van der Waals surface area contributed by atoms with E-state index in [2.05, 4.69) is 12.8 Å². The second-order valence-corrected chi connectivity index (χ2v) is 9.08. The van der Waals surface area contributed by atoms with E-state index in [1.807, 2.05) is 18.2 Å². The summed E-state index contributed by atoms with van der Waals surface area (Å²) in [5.74, 6) is 3.24. The molecular weight excluding hydrogens is 368 g/mol. The van der Waals surface area contributed by atoms with E-state index < -0.39 is 17.1 Å². The second-order valence-electron chi connectivity index (χ2n) is 9.08. The number of carbonyl (C=O) groups excluding carboxylic acids is 2. The Hall–Kier alpha value is -2.32. The van der Waals surface area contributed by atoms with Gasteiger partial charge in [-0.25, -0.2) is 0 Å². The van der Waals surface area contributed by atoms with E-state index in [0.717, 1.165) is 30.4 Å². The lowest BCUT2D eigenvalue weighted by Gasteiger charge is -2.54. The van der Waals surface area contributed by atoms with Crippen molar-refractivity contribution in [3.05, 3.63) is 29.3 Å². The zero-order chi connectivity index (χ0) is 21.0. The Labute approximate surface area is 171 Å². The number of benzene rings is 1. The van der Waals surface area contributed by atoms with Crippen molar-refractivity contribution in [1.29, 1.82) is 0 Å². The first-order valence-electron chi connectivity index (χ1n) is 10.4. The summed E-state index contributed by atoms with van der Waals surface area (Å²) in [6.07, 6.45) is 9.16. The Morgan fingerprint density at radius 2 is 2.00 bits per heavy atom. The van der Waals surface area contributed by atoms with Crippen molar-refractivity contribution < 1.29 is 24.2 Å². The van der Waals surface area contributed by atoms with Crippen LogP contribution in [0.15, 0.2) is 18.2 Å². The van der Waals surface area contributed by atoms with Crippen molar-refractivity contribution in [1.82, 2.24) is 0 Å². The van der Waals surface area contributed by atoms with Crippen LogP contribution >= 0.6 is 0 Å². The zero-order valence-electron chi connectivity index (χ0n) is 17.2. The highest BCUT2D eigenvalue weighted by molar-refractivity contribution is 5.69. The Kier molecular flexibility index (Phi) is 4.74. The van der Waals surface area contributed by atoms with Gasteiger partial charge >= 0.3 is 11.9 Å². The Morgan fingerprint density at radius 3 is 2.66 bits per heavy atom. The van der Waals surface area contributed by atoms with Gasteiger partial charge in [0.1, 0.15) is 5.75 Å². The molecule has 1 aromatic rings. The first-order valence-corrected chi connectivity index (χ1v) is 10.4. The smallest absolute Gasteiger partial charge is 0.308 e. The summed E-state index contributed by atoms with van der Waals surface area (Å²) >= 11 is 0. The molecule has 0 spiro atoms. The van der Waals surface area contributed by atoms with Gasteiger partial charge in [0.15, 0.2) is 5.60 Å². The van der Waals surface area contributed by atoms with Crippen LogP contribution in [0.2, 0.25) is 0 Å². The molecule has 5 heteroatoms. The van der Waals surface area contributed by atoms with Crippen LogP contribution in [0.4, 0.5) is 0 Å². The summed E-state index contributed by atoms with van der Waals surface area (Å²) in [7, 11) is 0. The van der Waals surface area contributed by atoms with Gasteiger partial charge < -0.3 is 14.6 Å². The van der Waals surface area contributed by atoms with Crippen molar-refractivity contribution in [3.8, 4) is 18.1 Å². The average Bonchev–Trinajstić information content (AvgIpc) is 2.92. The van der Waals surface area contributed by atoms with Crippen LogP contribution in [0.25, 0.3) is 0 Å². The van der Waals surface area contributed by atoms with Crippen LogP contribution in [-0.4, -0.2) is 28.8 Å². The Balaban J connectivity index is 1.69. The van der Waals surface area contributed by atoms with Crippen LogP contribution in [0.5, 0.6) is 5.75 Å². The number of carbonyl (C=O) groups is 2. The van der Waals surface area contributed by atoms with Crippen LogP contribution in [-0.2, 0) is 20.7 Å². The van der Waals surface area contributed by atoms with Crippen LogP contribution < -0.4 is 4.74 Å². The molecule has 6 atom stereocenters. The van der Waals surface area contributed by atoms with Crippen LogP contribution in [0, 0.1) is 29.6 Å². The molecule has 3 aliphatic carbocycles. The van der Waals surface area contributed by atoms with E-state index in [4.69, 9.17) is 15.9 Å². The number of esters is 2. The van der Waals surface area contributed by atoms with E-state index in [1.165, 1.54) is 13.8 Å². The SMILES string of the molecule is C#CC1(OC(C)=O)CCC2C3CCc4cc(OC(C)=O)ccc4C3C(O)CC21C. The molecular formula is C24H28O5. The maximum absolute atomic E-state index is 11.8. The summed E-state index contributed by atoms with van der Waals surface area (Å²) in [6.45, 7) is 4.88. The maximum atomic E-state index is 11.8. The Morgan fingerprint density at radius 1 is 1.24 bits per heavy atom. The highest BCUT2D eigenvalue weighted by Crippen LogP contribution is 2.65. The minimum absolute atomic E-state index is 0.0223. The third-order valence-corrected chi connectivity index (χ3v) is 7.61. The van der Waals surface area contributed by atoms with Gasteiger partial charge in [-0.2, -0.15) is 0 Å². The number of terminal acetylenes is 1. The summed E-state index contributed by atoms with van der Waals surface area (Å²) in [6, 6.07) is 5.72. The molecule has 154 valence electrons. The summed E-state index contributed by atoms with van der Waals surface area (Å²) in [5, 5.41) is 11.2. The Bertz CT molecular complexity index is 899. The lowest BCUT2D eigenvalue weighted by Crippen LogP contribution is -2.55. The van der Waals surface area contributed by atoms with Crippen molar-refractivity contribution in [3.63, 3.8) is 0 Å². The number of aryl methyl sites for hydroxylation is 1. The van der Waals surface area contributed by atoms with Crippen molar-refractivity contribution in [2.24, 2.45) is 17.3 Å². The standard InChI is InChI=1S/C24H28O5/c1-5-24(29-15(3)26)11-10-20-19-8-6-16-12-17(28-14(2)25)7-9-18(16)22(19)21(27)13-23(20,24)4/h1,7,9,12,19-22,27H,6,8,10-11,13H2,2-4H3. The largest absolute Gasteiger partial charge is 0.445 e. The minimum Gasteiger partial charge on any atom is -0.445 e. The molecule has 1 N–H and O–H groups in total. The number of aliphatic hydroxyl groups is 1. The van der Waals surface area contributed by atoms with Gasteiger partial charge in [0.2, 0.25) is 0 Å². The summed E-state index contributed by atoms with van der Waals surface area (Å²) < 4.78 is 11.0. The lowest BCUT2D eigenvalue weighted by molar-refractivity contribution is -0.171. The molecule has 0 aliphatic heterocycles. The van der Waals surface area contributed by atoms with Crippen LogP contribution in [0.3, 0.4) is 0 Å². The predicted octanol–water partition coefficient (Wildman–Crippen LogP) is 3.37. The molecule has 0 bridgehead atoms. The zero-order valence-corrected chi connectivity index (χ0v) is 17.2. The molecule has 4 rings (SSSR count). The van der Waals surface area contributed by atoms with E-state index >= 15 is 0 Å². The van der Waals surface area contributed by atoms with E-state index in [9.17, 15) is 14.7 Å². The van der Waals surface area contributed by atoms with E-state index in [0.29, 0.717) is 18.6 Å². The fraction of sp³-hybridized carbons (Fsp3) is 0.583. The fourth-order valence-corrected chi connectivity index (χ4v) is 6.54. The normalized spacial score (nSPS) is 37.5. The molecule has 0 saturated heterocycles. The first-order chi connectivity index (χ1) is 13.7. The highest BCUT2D eigenvalue weighted by Gasteiger charge is 2.65. The minimum atomic E-state index is -0.949. The average molecular weight is 396 g/mol. The molecule has 0 amide bonds. The second kappa shape index (κ2) is 6.88. The number of rotatable bonds is 2. The number of fused-ring (bicyclic) bond motifs is 5. The van der Waals surface area contributed by atoms with Gasteiger partial charge in [0.25, 0.3) is 0 Å². The quantitative estimate of drug-likeness (QED) is 0.471. The summed E-state index contributed by atoms with van der Waals surface area (Å²) in [4.78, 5) is 23.1. The fourth-order valence-electron chi connectivity index (χ4n) is 6.54. The first kappa shape index (κ1) is 20.0. The maximum Gasteiger partial charge on any atom is 0.308 e. The topological polar surface area (TPSA) is 72.8 Å². The molecule has 0 radical (unpaired) electrons. The molecule has 2 fully saturated rings. The molecule has 1 aromatic carbocycles. The van der Waals surface area contributed by atoms with E-state index in [-0.39, 0.29) is 29.7 Å². The molecule has 3 aliphatic rings. The predicted molar refractivity (Wildman–Crippen MR) is 107 cm³/mol. The van der Waals surface area contributed by atoms with Gasteiger partial charge in [-0.15, -0.1) is 6.42 Å². The molecule has 29 heavy (non-hydrogen) atoms. The van der Waals surface area contributed by atoms with Gasteiger partial charge in [-0.3, -0.25) is 9.59 Å². The third-order valence-electron chi connectivity index (χ3n) is 7.61. The van der Waals surface area contributed by atoms with Gasteiger partial charge in [-0.05, 0) is 67.2 Å². The number of aliphatic hydroxyl groups excluding tert-OH is 1. The lowest BCUT2D eigenvalue weighted by atomic mass is 9.52.